The van der Waals surface area contributed by atoms with Gasteiger partial charge in [-0.3, -0.25) is 4.79 Å². The van der Waals surface area contributed by atoms with Crippen molar-refractivity contribution in [2.45, 2.75) is 25.5 Å². The predicted octanol–water partition coefficient (Wildman–Crippen LogP) is 3.07. The molecule has 0 radical (unpaired) electrons. The summed E-state index contributed by atoms with van der Waals surface area (Å²) in [5.74, 6) is -0.103. The fourth-order valence-electron chi connectivity index (χ4n) is 2.28. The molecule has 0 spiro atoms. The van der Waals surface area contributed by atoms with Gasteiger partial charge in [-0.2, -0.15) is 8.78 Å². The van der Waals surface area contributed by atoms with Gasteiger partial charge in [0, 0.05) is 6.42 Å². The lowest BCUT2D eigenvalue weighted by molar-refractivity contribution is -0.122. The lowest BCUT2D eigenvalue weighted by Gasteiger charge is -2.16. The van der Waals surface area contributed by atoms with Crippen LogP contribution in [0.2, 0.25) is 0 Å². The van der Waals surface area contributed by atoms with E-state index in [0.29, 0.717) is 6.42 Å². The zero-order valence-corrected chi connectivity index (χ0v) is 13.0. The minimum Gasteiger partial charge on any atom is -0.435 e. The van der Waals surface area contributed by atoms with Crippen LogP contribution >= 0.6 is 0 Å². The van der Waals surface area contributed by atoms with Gasteiger partial charge in [0.1, 0.15) is 5.75 Å². The van der Waals surface area contributed by atoms with Crippen LogP contribution in [0.4, 0.5) is 8.78 Å². The number of rotatable bonds is 8. The van der Waals surface area contributed by atoms with Crippen LogP contribution in [0.25, 0.3) is 0 Å². The quantitative estimate of drug-likeness (QED) is 0.779. The summed E-state index contributed by atoms with van der Waals surface area (Å²) < 4.78 is 28.4. The highest BCUT2D eigenvalue weighted by molar-refractivity contribution is 5.76. The van der Waals surface area contributed by atoms with Crippen LogP contribution < -0.4 is 10.1 Å². The van der Waals surface area contributed by atoms with E-state index in [1.54, 1.807) is 12.1 Å². The molecule has 0 aliphatic heterocycles. The maximum absolute atomic E-state index is 12.1. The number of aliphatic hydroxyl groups excluding tert-OH is 1. The molecule has 1 amide bonds. The third-order valence-electron chi connectivity index (χ3n) is 3.51. The summed E-state index contributed by atoms with van der Waals surface area (Å²) in [6.07, 6.45) is 0.701. The molecule has 0 aliphatic carbocycles. The summed E-state index contributed by atoms with van der Waals surface area (Å²) in [6.45, 7) is -3.04. The molecule has 0 bridgehead atoms. The Morgan fingerprint density at radius 1 is 1.08 bits per heavy atom. The van der Waals surface area contributed by atoms with Crippen molar-refractivity contribution in [1.82, 2.24) is 5.32 Å². The van der Waals surface area contributed by atoms with E-state index in [2.05, 4.69) is 10.1 Å². The molecule has 0 saturated heterocycles. The van der Waals surface area contributed by atoms with E-state index in [0.717, 1.165) is 11.1 Å². The van der Waals surface area contributed by atoms with E-state index in [1.807, 2.05) is 30.3 Å². The van der Waals surface area contributed by atoms with E-state index in [9.17, 15) is 18.7 Å². The highest BCUT2D eigenvalue weighted by Crippen LogP contribution is 2.16. The van der Waals surface area contributed by atoms with Gasteiger partial charge in [-0.15, -0.1) is 0 Å². The maximum Gasteiger partial charge on any atom is 0.387 e. The first kappa shape index (κ1) is 17.9. The minimum atomic E-state index is -2.85. The fourth-order valence-corrected chi connectivity index (χ4v) is 2.28. The molecule has 0 aromatic heterocycles. The van der Waals surface area contributed by atoms with E-state index in [1.165, 1.54) is 12.1 Å². The van der Waals surface area contributed by atoms with Crippen molar-refractivity contribution in [2.75, 3.05) is 6.61 Å². The summed E-state index contributed by atoms with van der Waals surface area (Å²) in [5, 5.41) is 12.2. The number of carbonyl (C=O) groups excluding carboxylic acids is 1. The maximum atomic E-state index is 12.1. The van der Waals surface area contributed by atoms with Crippen LogP contribution in [-0.4, -0.2) is 24.2 Å². The van der Waals surface area contributed by atoms with Crippen LogP contribution in [0.1, 0.15) is 23.6 Å². The zero-order valence-electron chi connectivity index (χ0n) is 13.0. The Hall–Kier alpha value is -2.47. The molecule has 2 aromatic rings. The Bertz CT molecular complexity index is 632. The standard InChI is InChI=1S/C18H19F2NO3/c19-18(20)24-15-9-6-13(7-10-15)8-11-17(23)21-16(12-22)14-4-2-1-3-5-14/h1-7,9-10,16,18,22H,8,11-12H2,(H,21,23). The van der Waals surface area contributed by atoms with Crippen LogP contribution in [0.3, 0.4) is 0 Å². The van der Waals surface area contributed by atoms with Crippen molar-refractivity contribution in [1.29, 1.82) is 0 Å². The second kappa shape index (κ2) is 8.98. The molecule has 0 saturated carbocycles. The molecule has 2 N–H and O–H groups in total. The number of halogens is 2. The minimum absolute atomic E-state index is 0.0858. The van der Waals surface area contributed by atoms with Crippen molar-refractivity contribution >= 4 is 5.91 Å². The first-order valence-corrected chi connectivity index (χ1v) is 7.57. The lowest BCUT2D eigenvalue weighted by atomic mass is 10.1. The summed E-state index contributed by atoms with van der Waals surface area (Å²) >= 11 is 0. The summed E-state index contributed by atoms with van der Waals surface area (Å²) in [7, 11) is 0. The number of nitrogens with one attached hydrogen (secondary N) is 1. The third kappa shape index (κ3) is 5.62. The van der Waals surface area contributed by atoms with E-state index < -0.39 is 12.7 Å². The molecule has 6 heteroatoms. The van der Waals surface area contributed by atoms with E-state index in [4.69, 9.17) is 0 Å². The second-order valence-corrected chi connectivity index (χ2v) is 5.24. The van der Waals surface area contributed by atoms with Gasteiger partial charge in [0.05, 0.1) is 12.6 Å². The number of ether oxygens (including phenoxy) is 1. The predicted molar refractivity (Wildman–Crippen MR) is 85.8 cm³/mol. The summed E-state index contributed by atoms with van der Waals surface area (Å²) in [4.78, 5) is 12.0. The van der Waals surface area contributed by atoms with Gasteiger partial charge >= 0.3 is 6.61 Å². The molecule has 1 unspecified atom stereocenters. The molecular weight excluding hydrogens is 316 g/mol. The summed E-state index contributed by atoms with van der Waals surface area (Å²) in [5.41, 5.74) is 1.67. The van der Waals surface area contributed by atoms with E-state index >= 15 is 0 Å². The number of benzene rings is 2. The lowest BCUT2D eigenvalue weighted by Crippen LogP contribution is -2.30. The Kier molecular flexibility index (Phi) is 6.69. The van der Waals surface area contributed by atoms with Gasteiger partial charge in [-0.1, -0.05) is 42.5 Å². The Morgan fingerprint density at radius 2 is 1.75 bits per heavy atom. The van der Waals surface area contributed by atoms with Crippen molar-refractivity contribution in [3.8, 4) is 5.75 Å². The SMILES string of the molecule is O=C(CCc1ccc(OC(F)F)cc1)NC(CO)c1ccccc1. The number of amides is 1. The van der Waals surface area contributed by atoms with Crippen molar-refractivity contribution < 1.29 is 23.4 Å². The van der Waals surface area contributed by atoms with Crippen molar-refractivity contribution in [3.05, 3.63) is 65.7 Å². The van der Waals surface area contributed by atoms with Crippen LogP contribution in [0, 0.1) is 0 Å². The monoisotopic (exact) mass is 335 g/mol. The zero-order chi connectivity index (χ0) is 17.4. The Morgan fingerprint density at radius 3 is 2.33 bits per heavy atom. The van der Waals surface area contributed by atoms with E-state index in [-0.39, 0.29) is 24.7 Å². The number of carbonyl (C=O) groups is 1. The molecule has 0 heterocycles. The number of hydrogen-bond acceptors (Lipinski definition) is 3. The smallest absolute Gasteiger partial charge is 0.387 e. The van der Waals surface area contributed by atoms with Gasteiger partial charge in [0.2, 0.25) is 5.91 Å². The normalized spacial score (nSPS) is 12.0. The third-order valence-corrected chi connectivity index (χ3v) is 3.51. The molecule has 24 heavy (non-hydrogen) atoms. The van der Waals surface area contributed by atoms with Gasteiger partial charge < -0.3 is 15.2 Å². The molecule has 2 aromatic carbocycles. The van der Waals surface area contributed by atoms with Crippen LogP contribution in [0.5, 0.6) is 5.75 Å². The molecule has 2 rings (SSSR count). The molecule has 128 valence electrons. The second-order valence-electron chi connectivity index (χ2n) is 5.24. The molecule has 0 fully saturated rings. The number of aryl methyl sites for hydroxylation is 1. The first-order chi connectivity index (χ1) is 11.6. The van der Waals surface area contributed by atoms with Crippen molar-refractivity contribution in [2.24, 2.45) is 0 Å². The van der Waals surface area contributed by atoms with Crippen molar-refractivity contribution in [3.63, 3.8) is 0 Å². The average molecular weight is 335 g/mol. The summed E-state index contributed by atoms with van der Waals surface area (Å²) in [6, 6.07) is 14.9. The van der Waals surface area contributed by atoms with Crippen LogP contribution in [-0.2, 0) is 11.2 Å². The van der Waals surface area contributed by atoms with Gasteiger partial charge in [0.25, 0.3) is 0 Å². The number of hydrogen-bond donors (Lipinski definition) is 2. The van der Waals surface area contributed by atoms with Gasteiger partial charge in [-0.25, -0.2) is 0 Å². The van der Waals surface area contributed by atoms with Crippen LogP contribution in [0.15, 0.2) is 54.6 Å². The molecule has 0 aliphatic rings. The Labute approximate surface area is 139 Å². The highest BCUT2D eigenvalue weighted by Gasteiger charge is 2.13. The molecule has 4 nitrogen and oxygen atoms in total. The number of alkyl halides is 2. The Balaban J connectivity index is 1.84. The topological polar surface area (TPSA) is 58.6 Å². The first-order valence-electron chi connectivity index (χ1n) is 7.57. The highest BCUT2D eigenvalue weighted by atomic mass is 19.3. The fraction of sp³-hybridized carbons (Fsp3) is 0.278. The molecule has 1 atom stereocenters. The van der Waals surface area contributed by atoms with Gasteiger partial charge in [-0.05, 0) is 29.7 Å². The number of aliphatic hydroxyl groups is 1. The average Bonchev–Trinajstić information content (AvgIpc) is 2.59. The van der Waals surface area contributed by atoms with Gasteiger partial charge in [0.15, 0.2) is 0 Å². The largest absolute Gasteiger partial charge is 0.435 e. The molecular formula is C18H19F2NO3.